The second-order valence-electron chi connectivity index (χ2n) is 4.20. The van der Waals surface area contributed by atoms with Gasteiger partial charge in [-0.1, -0.05) is 6.07 Å². The number of amides is 1. The third-order valence-corrected chi connectivity index (χ3v) is 3.33. The summed E-state index contributed by atoms with van der Waals surface area (Å²) in [5.74, 6) is 0.222. The van der Waals surface area contributed by atoms with Crippen LogP contribution in [0.1, 0.15) is 12.6 Å². The molecular weight excluding hydrogens is 324 g/mol. The molecule has 0 aliphatic rings. The lowest BCUT2D eigenvalue weighted by Gasteiger charge is -2.03. The Hall–Kier alpha value is -2.19. The number of aromatic nitrogens is 2. The van der Waals surface area contributed by atoms with E-state index in [0.29, 0.717) is 17.6 Å². The number of rotatable bonds is 4. The molecule has 2 aromatic heterocycles. The van der Waals surface area contributed by atoms with Crippen LogP contribution in [-0.2, 0) is 11.3 Å². The Bertz CT molecular complexity index is 672. The normalized spacial score (nSPS) is 10.7. The third-order valence-electron chi connectivity index (χ3n) is 2.57. The molecule has 0 saturated heterocycles. The van der Waals surface area contributed by atoms with Crippen molar-refractivity contribution in [3.63, 3.8) is 0 Å². The number of nitrogens with two attached hydrogens (primary N) is 1. The summed E-state index contributed by atoms with van der Waals surface area (Å²) in [5, 5.41) is 8.14. The Morgan fingerprint density at radius 2 is 2.14 bits per heavy atom. The number of carbonyl (C=O) groups is 1. The quantitative estimate of drug-likeness (QED) is 0.579. The zero-order valence-electron chi connectivity index (χ0n) is 12.2. The first kappa shape index (κ1) is 17.9. The van der Waals surface area contributed by atoms with Crippen LogP contribution < -0.4 is 16.4 Å². The largest absolute Gasteiger partial charge is 0.370 e. The Balaban J connectivity index is 0.00000242. The minimum absolute atomic E-state index is 0. The summed E-state index contributed by atoms with van der Waals surface area (Å²) in [4.78, 5) is 23.6. The molecule has 0 aliphatic heterocycles. The number of nitrogens with one attached hydrogen (secondary N) is 2. The Kier molecular flexibility index (Phi) is 6.74. The van der Waals surface area contributed by atoms with Crippen LogP contribution >= 0.6 is 23.7 Å². The molecule has 22 heavy (non-hydrogen) atoms. The predicted molar refractivity (Wildman–Crippen MR) is 91.3 cm³/mol. The van der Waals surface area contributed by atoms with Crippen molar-refractivity contribution >= 4 is 40.7 Å². The van der Waals surface area contributed by atoms with Crippen molar-refractivity contribution in [3.8, 4) is 11.4 Å². The summed E-state index contributed by atoms with van der Waals surface area (Å²) < 4.78 is 0. The van der Waals surface area contributed by atoms with Crippen LogP contribution in [0.25, 0.3) is 11.4 Å². The number of hydrogen-bond donors (Lipinski definition) is 3. The van der Waals surface area contributed by atoms with Crippen LogP contribution in [-0.4, -0.2) is 28.9 Å². The van der Waals surface area contributed by atoms with Gasteiger partial charge in [0.05, 0.1) is 17.9 Å². The minimum Gasteiger partial charge on any atom is -0.370 e. The van der Waals surface area contributed by atoms with E-state index in [9.17, 15) is 4.79 Å². The maximum atomic E-state index is 10.9. The highest BCUT2D eigenvalue weighted by Gasteiger charge is 2.07. The first-order chi connectivity index (χ1) is 10.1. The van der Waals surface area contributed by atoms with Crippen LogP contribution in [0.5, 0.6) is 0 Å². The van der Waals surface area contributed by atoms with E-state index in [2.05, 4.69) is 25.6 Å². The molecule has 0 saturated carbocycles. The van der Waals surface area contributed by atoms with E-state index in [4.69, 9.17) is 5.73 Å². The van der Waals surface area contributed by atoms with Crippen molar-refractivity contribution in [1.82, 2.24) is 15.3 Å². The topological polar surface area (TPSA) is 105 Å². The molecule has 9 heteroatoms. The second kappa shape index (κ2) is 8.30. The van der Waals surface area contributed by atoms with Crippen LogP contribution in [0.3, 0.4) is 0 Å². The van der Waals surface area contributed by atoms with Gasteiger partial charge in [0.25, 0.3) is 0 Å². The second-order valence-corrected chi connectivity index (χ2v) is 5.05. The van der Waals surface area contributed by atoms with Crippen molar-refractivity contribution in [2.24, 2.45) is 10.7 Å². The van der Waals surface area contributed by atoms with Crippen LogP contribution in [0.15, 0.2) is 28.6 Å². The Labute approximate surface area is 138 Å². The SMILES string of the molecule is CN=C(N)Nc1nc(-c2cccc(CNC(C)=O)n2)cs1.Cl. The van der Waals surface area contributed by atoms with Crippen LogP contribution in [0, 0.1) is 0 Å². The highest BCUT2D eigenvalue weighted by Crippen LogP contribution is 2.23. The number of thiazole rings is 1. The average Bonchev–Trinajstić information content (AvgIpc) is 2.94. The molecule has 0 spiro atoms. The molecule has 2 aromatic rings. The number of anilines is 1. The van der Waals surface area contributed by atoms with Crippen molar-refractivity contribution in [2.45, 2.75) is 13.5 Å². The van der Waals surface area contributed by atoms with Gasteiger partial charge in [0.2, 0.25) is 5.91 Å². The molecule has 2 rings (SSSR count). The molecule has 118 valence electrons. The smallest absolute Gasteiger partial charge is 0.217 e. The zero-order valence-corrected chi connectivity index (χ0v) is 13.8. The summed E-state index contributed by atoms with van der Waals surface area (Å²) in [7, 11) is 1.60. The molecule has 0 unspecified atom stereocenters. The van der Waals surface area contributed by atoms with Crippen molar-refractivity contribution < 1.29 is 4.79 Å². The molecule has 0 fully saturated rings. The molecule has 0 radical (unpaired) electrons. The minimum atomic E-state index is -0.0864. The van der Waals surface area contributed by atoms with E-state index in [0.717, 1.165) is 17.1 Å². The van der Waals surface area contributed by atoms with Gasteiger partial charge in [0.1, 0.15) is 5.69 Å². The van der Waals surface area contributed by atoms with Gasteiger partial charge < -0.3 is 16.4 Å². The summed E-state index contributed by atoms with van der Waals surface area (Å²) in [5.41, 5.74) is 7.86. The first-order valence-corrected chi connectivity index (χ1v) is 7.12. The van der Waals surface area contributed by atoms with E-state index in [1.54, 1.807) is 7.05 Å². The number of aliphatic imine (C=N–C) groups is 1. The van der Waals surface area contributed by atoms with Gasteiger partial charge in [-0.25, -0.2) is 9.97 Å². The maximum absolute atomic E-state index is 10.9. The molecule has 4 N–H and O–H groups in total. The van der Waals surface area contributed by atoms with Crippen molar-refractivity contribution in [3.05, 3.63) is 29.3 Å². The molecule has 7 nitrogen and oxygen atoms in total. The summed E-state index contributed by atoms with van der Waals surface area (Å²) in [6.45, 7) is 1.87. The van der Waals surface area contributed by atoms with Gasteiger partial charge in [0, 0.05) is 19.4 Å². The first-order valence-electron chi connectivity index (χ1n) is 6.24. The van der Waals surface area contributed by atoms with Gasteiger partial charge in [-0.2, -0.15) is 0 Å². The number of pyridine rings is 1. The fraction of sp³-hybridized carbons (Fsp3) is 0.231. The van der Waals surface area contributed by atoms with Crippen molar-refractivity contribution in [1.29, 1.82) is 0 Å². The molecule has 2 heterocycles. The highest BCUT2D eigenvalue weighted by molar-refractivity contribution is 7.14. The number of carbonyl (C=O) groups excluding carboxylic acids is 1. The molecule has 1 amide bonds. The fourth-order valence-electron chi connectivity index (χ4n) is 1.55. The van der Waals surface area contributed by atoms with Gasteiger partial charge in [-0.3, -0.25) is 9.79 Å². The van der Waals surface area contributed by atoms with Crippen LogP contribution in [0.2, 0.25) is 0 Å². The highest BCUT2D eigenvalue weighted by atomic mass is 35.5. The zero-order chi connectivity index (χ0) is 15.2. The lowest BCUT2D eigenvalue weighted by atomic mass is 10.2. The third kappa shape index (κ3) is 4.97. The number of halogens is 1. The van der Waals surface area contributed by atoms with E-state index in [-0.39, 0.29) is 18.3 Å². The van der Waals surface area contributed by atoms with Crippen molar-refractivity contribution in [2.75, 3.05) is 12.4 Å². The summed E-state index contributed by atoms with van der Waals surface area (Å²) >= 11 is 1.42. The standard InChI is InChI=1S/C13H16N6OS.ClH/c1-8(20)16-6-9-4-3-5-10(17-9)11-7-21-13(18-11)19-12(14)15-2;/h3-5,7H,6H2,1-2H3,(H,16,20)(H3,14,15,18,19);1H. The monoisotopic (exact) mass is 340 g/mol. The predicted octanol–water partition coefficient (Wildman–Crippen LogP) is 1.62. The van der Waals surface area contributed by atoms with Gasteiger partial charge >= 0.3 is 0 Å². The van der Waals surface area contributed by atoms with E-state index in [1.807, 2.05) is 23.6 Å². The number of nitrogens with zero attached hydrogens (tertiary/aromatic N) is 3. The fourth-order valence-corrected chi connectivity index (χ4v) is 2.26. The lowest BCUT2D eigenvalue weighted by Crippen LogP contribution is -2.21. The maximum Gasteiger partial charge on any atom is 0.217 e. The van der Waals surface area contributed by atoms with E-state index >= 15 is 0 Å². The molecule has 0 aliphatic carbocycles. The van der Waals surface area contributed by atoms with E-state index in [1.165, 1.54) is 18.3 Å². The number of guanidine groups is 1. The molecular formula is C13H17ClN6OS. The van der Waals surface area contributed by atoms with Gasteiger partial charge in [0.15, 0.2) is 11.1 Å². The Morgan fingerprint density at radius 3 is 2.82 bits per heavy atom. The summed E-state index contributed by atoms with van der Waals surface area (Å²) in [6.07, 6.45) is 0. The molecule has 0 aromatic carbocycles. The lowest BCUT2D eigenvalue weighted by molar-refractivity contribution is -0.119. The van der Waals surface area contributed by atoms with Gasteiger partial charge in [-0.05, 0) is 12.1 Å². The summed E-state index contributed by atoms with van der Waals surface area (Å²) in [6, 6.07) is 5.61. The Morgan fingerprint density at radius 1 is 1.36 bits per heavy atom. The van der Waals surface area contributed by atoms with Gasteiger partial charge in [-0.15, -0.1) is 23.7 Å². The molecule has 0 atom stereocenters. The molecule has 0 bridgehead atoms. The number of hydrogen-bond acceptors (Lipinski definition) is 5. The van der Waals surface area contributed by atoms with E-state index < -0.39 is 0 Å². The average molecular weight is 341 g/mol. The van der Waals surface area contributed by atoms with Crippen LogP contribution in [0.4, 0.5) is 5.13 Å².